The number of anilines is 1. The Balaban J connectivity index is 1.61. The third kappa shape index (κ3) is 3.59. The van der Waals surface area contributed by atoms with Crippen LogP contribution in [0.2, 0.25) is 0 Å². The number of fused-ring (bicyclic) bond motifs is 2. The van der Waals surface area contributed by atoms with Crippen molar-refractivity contribution in [1.82, 2.24) is 14.5 Å². The summed E-state index contributed by atoms with van der Waals surface area (Å²) in [5.74, 6) is -0.190. The number of rotatable bonds is 4. The van der Waals surface area contributed by atoms with Crippen molar-refractivity contribution in [3.05, 3.63) is 65.5 Å². The average Bonchev–Trinajstić information content (AvgIpc) is 3.36. The first-order valence-corrected chi connectivity index (χ1v) is 10.8. The largest absolute Gasteiger partial charge is 0.389 e. The Morgan fingerprint density at radius 2 is 2.00 bits per heavy atom. The fourth-order valence-electron chi connectivity index (χ4n) is 4.69. The normalized spacial score (nSPS) is 19.3. The fraction of sp³-hybridized carbons (Fsp3) is 0.375. The molecule has 1 unspecified atom stereocenters. The molecule has 0 spiro atoms. The summed E-state index contributed by atoms with van der Waals surface area (Å²) in [5.41, 5.74) is 3.93. The van der Waals surface area contributed by atoms with E-state index in [9.17, 15) is 9.90 Å². The summed E-state index contributed by atoms with van der Waals surface area (Å²) >= 11 is 0. The van der Waals surface area contributed by atoms with E-state index in [0.29, 0.717) is 18.8 Å². The van der Waals surface area contributed by atoms with Gasteiger partial charge in [-0.1, -0.05) is 42.5 Å². The minimum Gasteiger partial charge on any atom is -0.389 e. The number of aromatic nitrogens is 1. The third-order valence-corrected chi connectivity index (χ3v) is 6.17. The molecule has 1 N–H and O–H groups in total. The summed E-state index contributed by atoms with van der Waals surface area (Å²) in [7, 11) is 2.07. The van der Waals surface area contributed by atoms with Gasteiger partial charge in [-0.05, 0) is 30.3 Å². The molecule has 3 heterocycles. The van der Waals surface area contributed by atoms with Crippen LogP contribution >= 0.6 is 0 Å². The van der Waals surface area contributed by atoms with Crippen molar-refractivity contribution in [2.75, 3.05) is 38.3 Å². The number of hydroxylamine groups is 2. The van der Waals surface area contributed by atoms with Gasteiger partial charge in [0.05, 0.1) is 18.9 Å². The molecule has 162 valence electrons. The minimum atomic E-state index is -0.643. The first-order chi connectivity index (χ1) is 15.0. The molecule has 7 heteroatoms. The number of hydrogen-bond donors (Lipinski definition) is 1. The maximum absolute atomic E-state index is 13.5. The molecule has 2 aromatic carbocycles. The first kappa shape index (κ1) is 20.1. The Bertz CT molecular complexity index is 1120. The predicted octanol–water partition coefficient (Wildman–Crippen LogP) is 2.67. The van der Waals surface area contributed by atoms with Gasteiger partial charge in [-0.3, -0.25) is 14.5 Å². The molecule has 5 rings (SSSR count). The molecular formula is C24H28N4O3. The number of aliphatic hydroxyl groups is 1. The maximum Gasteiger partial charge on any atom is 0.294 e. The van der Waals surface area contributed by atoms with Gasteiger partial charge in [-0.15, -0.1) is 0 Å². The van der Waals surface area contributed by atoms with Crippen LogP contribution in [0.3, 0.4) is 0 Å². The molecule has 1 saturated heterocycles. The van der Waals surface area contributed by atoms with Gasteiger partial charge in [0, 0.05) is 31.4 Å². The van der Waals surface area contributed by atoms with Gasteiger partial charge in [0.1, 0.15) is 18.4 Å². The van der Waals surface area contributed by atoms with Crippen LogP contribution in [0.25, 0.3) is 10.8 Å². The van der Waals surface area contributed by atoms with Crippen LogP contribution in [-0.2, 0) is 17.9 Å². The summed E-state index contributed by atoms with van der Waals surface area (Å²) in [4.78, 5) is 23.5. The molecular weight excluding hydrogens is 392 g/mol. The number of nitrogens with zero attached hydrogens (tertiary/aromatic N) is 4. The number of aliphatic hydroxyl groups excluding tert-OH is 1. The number of carbonyl (C=O) groups is 1. The minimum absolute atomic E-state index is 0.152. The van der Waals surface area contributed by atoms with E-state index in [1.54, 1.807) is 0 Å². The van der Waals surface area contributed by atoms with Crippen molar-refractivity contribution in [3.8, 4) is 0 Å². The Morgan fingerprint density at radius 1 is 1.19 bits per heavy atom. The van der Waals surface area contributed by atoms with Gasteiger partial charge in [0.15, 0.2) is 0 Å². The molecule has 0 aliphatic carbocycles. The van der Waals surface area contributed by atoms with Gasteiger partial charge in [-0.25, -0.2) is 5.06 Å². The molecule has 2 aliphatic rings. The lowest BCUT2D eigenvalue weighted by molar-refractivity contribution is -0.0786. The summed E-state index contributed by atoms with van der Waals surface area (Å²) in [5, 5.41) is 13.6. The monoisotopic (exact) mass is 420 g/mol. The van der Waals surface area contributed by atoms with E-state index in [4.69, 9.17) is 4.84 Å². The molecule has 0 saturated carbocycles. The molecule has 31 heavy (non-hydrogen) atoms. The zero-order chi connectivity index (χ0) is 21.5. The molecule has 0 radical (unpaired) electrons. The standard InChI is InChI=1S/C24H28N4O3/c1-3-26-16-25(2)13-21-22(26)14-27(23(21)24(30)28-12-19(29)15-31-28)11-18-9-6-8-17-7-4-5-10-20(17)18/h4-10,14,19,29H,3,11-13,15-16H2,1-2H3. The predicted molar refractivity (Wildman–Crippen MR) is 120 cm³/mol. The van der Waals surface area contributed by atoms with Gasteiger partial charge >= 0.3 is 0 Å². The fourth-order valence-corrected chi connectivity index (χ4v) is 4.69. The molecule has 1 atom stereocenters. The lowest BCUT2D eigenvalue weighted by Gasteiger charge is -2.34. The Hall–Kier alpha value is -2.87. The van der Waals surface area contributed by atoms with Crippen molar-refractivity contribution in [2.24, 2.45) is 0 Å². The first-order valence-electron chi connectivity index (χ1n) is 10.8. The summed E-state index contributed by atoms with van der Waals surface area (Å²) in [6, 6.07) is 14.6. The zero-order valence-corrected chi connectivity index (χ0v) is 18.0. The number of β-amino-alcohol motifs (C(OH)–C–C–N with tert-alkyl or cyclic N) is 1. The summed E-state index contributed by atoms with van der Waals surface area (Å²) < 4.78 is 2.06. The molecule has 7 nitrogen and oxygen atoms in total. The maximum atomic E-state index is 13.5. The van der Waals surface area contributed by atoms with E-state index in [1.807, 2.05) is 12.1 Å². The van der Waals surface area contributed by atoms with Crippen molar-refractivity contribution in [3.63, 3.8) is 0 Å². The SMILES string of the molecule is CCN1CN(C)Cc2c1cn(Cc1cccc3ccccc13)c2C(=O)N1CC(O)CO1. The van der Waals surface area contributed by atoms with E-state index in [2.05, 4.69) is 64.9 Å². The Morgan fingerprint density at radius 3 is 2.77 bits per heavy atom. The Kier molecular flexibility index (Phi) is 5.17. The van der Waals surface area contributed by atoms with Crippen molar-refractivity contribution < 1.29 is 14.7 Å². The average molecular weight is 421 g/mol. The molecule has 1 fully saturated rings. The molecule has 3 aromatic rings. The van der Waals surface area contributed by atoms with E-state index in [1.165, 1.54) is 21.4 Å². The second-order valence-electron chi connectivity index (χ2n) is 8.44. The van der Waals surface area contributed by atoms with Gasteiger partial charge in [-0.2, -0.15) is 0 Å². The highest BCUT2D eigenvalue weighted by Crippen LogP contribution is 2.34. The smallest absolute Gasteiger partial charge is 0.294 e. The van der Waals surface area contributed by atoms with E-state index in [0.717, 1.165) is 24.5 Å². The van der Waals surface area contributed by atoms with Crippen molar-refractivity contribution in [2.45, 2.75) is 26.1 Å². The summed E-state index contributed by atoms with van der Waals surface area (Å²) in [6.07, 6.45) is 1.46. The topological polar surface area (TPSA) is 61.2 Å². The van der Waals surface area contributed by atoms with Gasteiger partial charge < -0.3 is 14.6 Å². The highest BCUT2D eigenvalue weighted by atomic mass is 16.7. The Labute approximate surface area is 182 Å². The quantitative estimate of drug-likeness (QED) is 0.703. The second-order valence-corrected chi connectivity index (χ2v) is 8.44. The van der Waals surface area contributed by atoms with Crippen LogP contribution in [0.5, 0.6) is 0 Å². The lowest BCUT2D eigenvalue weighted by atomic mass is 10.0. The third-order valence-electron chi connectivity index (χ3n) is 6.17. The van der Waals surface area contributed by atoms with Crippen LogP contribution < -0.4 is 4.90 Å². The summed E-state index contributed by atoms with van der Waals surface area (Å²) in [6.45, 7) is 5.46. The highest BCUT2D eigenvalue weighted by molar-refractivity contribution is 5.96. The number of benzene rings is 2. The van der Waals surface area contributed by atoms with E-state index < -0.39 is 6.10 Å². The van der Waals surface area contributed by atoms with Crippen LogP contribution in [0.15, 0.2) is 48.7 Å². The number of hydrogen-bond acceptors (Lipinski definition) is 5. The van der Waals surface area contributed by atoms with Gasteiger partial charge in [0.25, 0.3) is 5.91 Å². The van der Waals surface area contributed by atoms with Gasteiger partial charge in [0.2, 0.25) is 0 Å². The van der Waals surface area contributed by atoms with Crippen LogP contribution in [0.4, 0.5) is 5.69 Å². The number of amides is 1. The van der Waals surface area contributed by atoms with Crippen LogP contribution in [0.1, 0.15) is 28.5 Å². The zero-order valence-electron chi connectivity index (χ0n) is 18.0. The second kappa shape index (κ2) is 8.00. The molecule has 1 amide bonds. The van der Waals surface area contributed by atoms with Crippen molar-refractivity contribution >= 4 is 22.4 Å². The van der Waals surface area contributed by atoms with E-state index >= 15 is 0 Å². The lowest BCUT2D eigenvalue weighted by Crippen LogP contribution is -2.40. The van der Waals surface area contributed by atoms with Crippen LogP contribution in [0, 0.1) is 0 Å². The van der Waals surface area contributed by atoms with E-state index in [-0.39, 0.29) is 19.1 Å². The molecule has 1 aromatic heterocycles. The highest BCUT2D eigenvalue weighted by Gasteiger charge is 2.34. The van der Waals surface area contributed by atoms with Crippen LogP contribution in [-0.4, -0.2) is 65.1 Å². The molecule has 2 aliphatic heterocycles. The number of carbonyl (C=O) groups excluding carboxylic acids is 1. The molecule has 0 bridgehead atoms. The van der Waals surface area contributed by atoms with Crippen molar-refractivity contribution in [1.29, 1.82) is 0 Å².